The molecule has 0 radical (unpaired) electrons. The maximum absolute atomic E-state index is 8.42. The summed E-state index contributed by atoms with van der Waals surface area (Å²) in [5.74, 6) is 0. The highest BCUT2D eigenvalue weighted by Gasteiger charge is 2.20. The predicted octanol–water partition coefficient (Wildman–Crippen LogP) is 12.6. The molecule has 7 aromatic rings. The number of aromatic nitrogens is 3. The minimum atomic E-state index is -0.867. The number of nitrogens with one attached hydrogen (secondary N) is 1. The van der Waals surface area contributed by atoms with E-state index >= 15 is 0 Å². The number of hydrogen-bond acceptors (Lipinski definition) is 3. The fourth-order valence-corrected chi connectivity index (χ4v) is 9.84. The lowest BCUT2D eigenvalue weighted by molar-refractivity contribution is 1.15. The maximum atomic E-state index is 8.42. The Morgan fingerprint density at radius 3 is 1.62 bits per heavy atom. The van der Waals surface area contributed by atoms with Gasteiger partial charge in [0.2, 0.25) is 0 Å². The van der Waals surface area contributed by atoms with Crippen molar-refractivity contribution in [1.82, 2.24) is 14.5 Å². The number of hydrogen-bond donors (Lipinski definition) is 1. The third-order valence-electron chi connectivity index (χ3n) is 9.38. The van der Waals surface area contributed by atoms with E-state index in [1.54, 1.807) is 0 Å². The molecule has 0 aliphatic rings. The summed E-state index contributed by atoms with van der Waals surface area (Å²) in [5, 5.41) is 2.29. The first kappa shape index (κ1) is 32.8. The Hall–Kier alpha value is -3.76. The molecular formula is C42H38I2N4. The van der Waals surface area contributed by atoms with Crippen LogP contribution >= 0.6 is 43.6 Å². The van der Waals surface area contributed by atoms with Crippen LogP contribution in [0.5, 0.6) is 0 Å². The molecular weight excluding hydrogens is 814 g/mol. The largest absolute Gasteiger partial charge is 0.306 e. The molecule has 1 N–H and O–H groups in total. The molecule has 4 nitrogen and oxygen atoms in total. The van der Waals surface area contributed by atoms with Gasteiger partial charge in [0, 0.05) is 56.6 Å². The van der Waals surface area contributed by atoms with E-state index in [1.807, 2.05) is 12.4 Å². The van der Waals surface area contributed by atoms with Crippen LogP contribution < -0.4 is 0 Å². The highest BCUT2D eigenvalue weighted by atomic mass is 127. The monoisotopic (exact) mass is 852 g/mol. The molecule has 0 bridgehead atoms. The fraction of sp³-hybridized carbons (Fsp3) is 0.190. The van der Waals surface area contributed by atoms with Crippen LogP contribution in [0.1, 0.15) is 44.5 Å². The molecule has 0 aliphatic carbocycles. The number of aryl methyl sites for hydroxylation is 7. The van der Waals surface area contributed by atoms with Gasteiger partial charge in [-0.1, -0.05) is 76.2 Å². The first-order chi connectivity index (χ1) is 23.1. The fourth-order valence-electron chi connectivity index (χ4n) is 7.62. The van der Waals surface area contributed by atoms with E-state index in [4.69, 9.17) is 13.5 Å². The summed E-state index contributed by atoms with van der Waals surface area (Å²) < 4.78 is 12.8. The molecule has 6 heteroatoms. The topological polar surface area (TPSA) is 54.6 Å². The second-order valence-corrected chi connectivity index (χ2v) is 15.6. The van der Waals surface area contributed by atoms with Crippen molar-refractivity contribution in [3.63, 3.8) is 0 Å². The lowest BCUT2D eigenvalue weighted by Gasteiger charge is -2.14. The van der Waals surface area contributed by atoms with E-state index in [0.29, 0.717) is 0 Å². The summed E-state index contributed by atoms with van der Waals surface area (Å²) >= 11 is 1.60. The highest BCUT2D eigenvalue weighted by molar-refractivity contribution is 14.2. The Kier molecular flexibility index (Phi) is 8.83. The van der Waals surface area contributed by atoms with Crippen molar-refractivity contribution in [3.8, 4) is 39.3 Å². The molecule has 3 aromatic heterocycles. The number of rotatable bonds is 6. The average molecular weight is 853 g/mol. The van der Waals surface area contributed by atoms with Gasteiger partial charge in [0.25, 0.3) is 0 Å². The lowest BCUT2D eigenvalue weighted by atomic mass is 9.94. The summed E-state index contributed by atoms with van der Waals surface area (Å²) in [5.41, 5.74) is 20.0. The van der Waals surface area contributed by atoms with Crippen molar-refractivity contribution in [2.45, 2.75) is 52.9 Å². The van der Waals surface area contributed by atoms with Crippen molar-refractivity contribution in [2.75, 3.05) is 0 Å². The minimum absolute atomic E-state index is 0.867. The second-order valence-electron chi connectivity index (χ2n) is 13.1. The highest BCUT2D eigenvalue weighted by Crippen LogP contribution is 2.39. The summed E-state index contributed by atoms with van der Waals surface area (Å²) in [6.07, 6.45) is 4.06. The first-order valence-electron chi connectivity index (χ1n) is 16.2. The zero-order valence-corrected chi connectivity index (χ0v) is 32.7. The molecule has 0 unspecified atom stereocenters. The van der Waals surface area contributed by atoms with Gasteiger partial charge in [-0.25, -0.2) is 0 Å². The van der Waals surface area contributed by atoms with Crippen LogP contribution in [0.25, 0.3) is 61.1 Å². The van der Waals surface area contributed by atoms with Gasteiger partial charge in [0.15, 0.2) is 0 Å². The van der Waals surface area contributed by atoms with Crippen molar-refractivity contribution >= 4 is 65.4 Å². The molecule has 0 aliphatic heterocycles. The van der Waals surface area contributed by atoms with E-state index in [0.717, 1.165) is 52.4 Å². The zero-order valence-electron chi connectivity index (χ0n) is 28.4. The van der Waals surface area contributed by atoms with Gasteiger partial charge in [-0.05, 0) is 123 Å². The van der Waals surface area contributed by atoms with E-state index < -0.39 is 21.0 Å². The van der Waals surface area contributed by atoms with Gasteiger partial charge in [-0.2, -0.15) is 0 Å². The van der Waals surface area contributed by atoms with Crippen molar-refractivity contribution in [3.05, 3.63) is 133 Å². The molecule has 0 saturated carbocycles. The number of alkyl halides is 1. The summed E-state index contributed by atoms with van der Waals surface area (Å²) in [6.45, 7) is 15.2. The molecule has 0 amide bonds. The number of nitrogens with zero attached hydrogens (tertiary/aromatic N) is 3. The van der Waals surface area contributed by atoms with E-state index in [2.05, 4.69) is 148 Å². The molecule has 48 heavy (non-hydrogen) atoms. The molecule has 4 aromatic carbocycles. The Balaban J connectivity index is 1.48. The zero-order chi connectivity index (χ0) is 33.9. The average Bonchev–Trinajstić information content (AvgIpc) is 3.36. The van der Waals surface area contributed by atoms with Gasteiger partial charge < -0.3 is 4.57 Å². The van der Waals surface area contributed by atoms with Crippen molar-refractivity contribution < 1.29 is 0 Å². The smallest absolute Gasteiger partial charge is 0.0725 e. The molecule has 0 saturated heterocycles. The Morgan fingerprint density at radius 2 is 1.08 bits per heavy atom. The predicted molar refractivity (Wildman–Crippen MR) is 219 cm³/mol. The van der Waals surface area contributed by atoms with Crippen molar-refractivity contribution in [2.24, 2.45) is 0 Å². The lowest BCUT2D eigenvalue weighted by Crippen LogP contribution is -1.97. The molecule has 0 atom stereocenters. The van der Waals surface area contributed by atoms with E-state index in [9.17, 15) is 0 Å². The number of pyridine rings is 2. The van der Waals surface area contributed by atoms with Crippen LogP contribution in [0.2, 0.25) is 0 Å². The van der Waals surface area contributed by atoms with Gasteiger partial charge in [0.05, 0.1) is 34.8 Å². The minimum Gasteiger partial charge on any atom is -0.306 e. The van der Waals surface area contributed by atoms with E-state index in [1.165, 1.54) is 61.2 Å². The van der Waals surface area contributed by atoms with Crippen LogP contribution in [0, 0.1) is 55.6 Å². The van der Waals surface area contributed by atoms with E-state index in [-0.39, 0.29) is 0 Å². The Bertz CT molecular complexity index is 2400. The van der Waals surface area contributed by atoms with Crippen molar-refractivity contribution in [1.29, 1.82) is 3.56 Å². The summed E-state index contributed by atoms with van der Waals surface area (Å²) in [7, 11) is 0. The van der Waals surface area contributed by atoms with Crippen LogP contribution in [0.3, 0.4) is 0 Å². The molecule has 240 valence electrons. The number of fused-ring (bicyclic) bond motifs is 3. The van der Waals surface area contributed by atoms with Crippen LogP contribution in [-0.4, -0.2) is 14.5 Å². The molecule has 7 rings (SSSR count). The van der Waals surface area contributed by atoms with Crippen LogP contribution in [-0.2, 0) is 4.43 Å². The Morgan fingerprint density at radius 1 is 0.604 bits per heavy atom. The summed E-state index contributed by atoms with van der Waals surface area (Å²) in [4.78, 5) is 10.2. The van der Waals surface area contributed by atoms with Gasteiger partial charge >= 0.3 is 0 Å². The third kappa shape index (κ3) is 5.70. The number of benzene rings is 4. The SMILES string of the molecule is Cc1cc(C)c(-c2ccc(-n3c4cnc(-c5c(C)cc(C)cc5CI)cc4c4cc(-c5c(C)cc(C)cc5I=N)ncc43)cc2)c(C)c1. The third-order valence-corrected chi connectivity index (χ3v) is 11.6. The second kappa shape index (κ2) is 12.9. The van der Waals surface area contributed by atoms with Gasteiger partial charge in [0.1, 0.15) is 0 Å². The normalized spacial score (nSPS) is 11.6. The first-order valence-corrected chi connectivity index (χ1v) is 19.8. The maximum Gasteiger partial charge on any atom is 0.0725 e. The van der Waals surface area contributed by atoms with Gasteiger partial charge in [-0.15, -0.1) is 0 Å². The summed E-state index contributed by atoms with van der Waals surface area (Å²) in [6, 6.07) is 26.9. The van der Waals surface area contributed by atoms with Crippen LogP contribution in [0.15, 0.2) is 85.2 Å². The quantitative estimate of drug-likeness (QED) is 0.134. The van der Waals surface area contributed by atoms with Gasteiger partial charge in [-0.3, -0.25) is 13.5 Å². The van der Waals surface area contributed by atoms with Crippen LogP contribution in [0.4, 0.5) is 0 Å². The molecule has 3 heterocycles. The standard InChI is InChI=1S/C42H38I2N4/c1-23-12-26(4)40(27(5)13-23)30-8-10-32(11-9-30)48-38-21-46-36(41-28(6)14-24(2)16-31(41)20-43)18-33(38)34-19-37(47-22-39(34)48)42-29(7)15-25(3)17-35(42)44-45/h8-19,21-22,45H,20H2,1-7H3. The molecule has 0 fully saturated rings. The molecule has 0 spiro atoms. The Labute approximate surface area is 306 Å². The number of halogens is 2.